The van der Waals surface area contributed by atoms with Crippen molar-refractivity contribution in [2.75, 3.05) is 7.05 Å². The molecular weight excluding hydrogens is 266 g/mol. The summed E-state index contributed by atoms with van der Waals surface area (Å²) < 4.78 is 0. The van der Waals surface area contributed by atoms with Gasteiger partial charge < -0.3 is 4.90 Å². The molecule has 0 atom stereocenters. The van der Waals surface area contributed by atoms with Crippen LogP contribution in [-0.4, -0.2) is 17.9 Å². The summed E-state index contributed by atoms with van der Waals surface area (Å²) in [5, 5.41) is 4.77. The minimum absolute atomic E-state index is 0.114. The molecule has 0 aliphatic heterocycles. The molecule has 0 saturated heterocycles. The summed E-state index contributed by atoms with van der Waals surface area (Å²) in [5.41, 5.74) is 2.16. The maximum Gasteiger partial charge on any atom is 0.227 e. The Morgan fingerprint density at radius 3 is 2.56 bits per heavy atom. The molecule has 94 valence electrons. The van der Waals surface area contributed by atoms with Gasteiger partial charge in [0, 0.05) is 18.6 Å². The van der Waals surface area contributed by atoms with Gasteiger partial charge in [-0.25, -0.2) is 0 Å². The number of halogens is 1. The van der Waals surface area contributed by atoms with Gasteiger partial charge in [-0.15, -0.1) is 0 Å². The fourth-order valence-electron chi connectivity index (χ4n) is 1.66. The van der Waals surface area contributed by atoms with Gasteiger partial charge in [-0.1, -0.05) is 23.7 Å². The highest BCUT2D eigenvalue weighted by Crippen LogP contribution is 2.12. The molecule has 2 nitrogen and oxygen atoms in total. The van der Waals surface area contributed by atoms with Crippen molar-refractivity contribution in [3.05, 3.63) is 57.2 Å². The lowest BCUT2D eigenvalue weighted by atomic mass is 10.1. The van der Waals surface area contributed by atoms with E-state index in [1.807, 2.05) is 42.8 Å². The molecule has 0 bridgehead atoms. The highest BCUT2D eigenvalue weighted by atomic mass is 35.5. The van der Waals surface area contributed by atoms with Gasteiger partial charge in [-0.2, -0.15) is 11.3 Å². The molecule has 2 rings (SSSR count). The van der Waals surface area contributed by atoms with E-state index >= 15 is 0 Å². The Kier molecular flexibility index (Phi) is 4.39. The zero-order chi connectivity index (χ0) is 13.0. The van der Waals surface area contributed by atoms with E-state index in [1.54, 1.807) is 16.2 Å². The number of hydrogen-bond donors (Lipinski definition) is 0. The maximum atomic E-state index is 12.0. The lowest BCUT2D eigenvalue weighted by Gasteiger charge is -2.16. The molecule has 0 aliphatic rings. The molecule has 1 aromatic carbocycles. The van der Waals surface area contributed by atoms with Crippen LogP contribution in [0.25, 0.3) is 0 Å². The van der Waals surface area contributed by atoms with Crippen LogP contribution in [0, 0.1) is 0 Å². The van der Waals surface area contributed by atoms with Crippen molar-refractivity contribution in [2.45, 2.75) is 13.0 Å². The average molecular weight is 280 g/mol. The zero-order valence-corrected chi connectivity index (χ0v) is 11.7. The van der Waals surface area contributed by atoms with Crippen LogP contribution in [0.4, 0.5) is 0 Å². The number of rotatable bonds is 4. The molecule has 2 aromatic rings. The third-order valence-electron chi connectivity index (χ3n) is 2.69. The molecule has 1 aromatic heterocycles. The summed E-state index contributed by atoms with van der Waals surface area (Å²) in [6, 6.07) is 9.43. The Hall–Kier alpha value is -1.32. The Morgan fingerprint density at radius 2 is 1.94 bits per heavy atom. The third kappa shape index (κ3) is 3.59. The second kappa shape index (κ2) is 6.03. The molecule has 0 spiro atoms. The minimum Gasteiger partial charge on any atom is -0.341 e. The number of benzene rings is 1. The van der Waals surface area contributed by atoms with Crippen LogP contribution in [0.5, 0.6) is 0 Å². The Labute approximate surface area is 116 Å². The number of thiophene rings is 1. The molecule has 0 aliphatic carbocycles. The summed E-state index contributed by atoms with van der Waals surface area (Å²) >= 11 is 7.46. The summed E-state index contributed by atoms with van der Waals surface area (Å²) in [7, 11) is 1.83. The second-order valence-corrected chi connectivity index (χ2v) is 5.40. The van der Waals surface area contributed by atoms with Crippen molar-refractivity contribution in [1.29, 1.82) is 0 Å². The molecule has 1 amide bonds. The van der Waals surface area contributed by atoms with Crippen LogP contribution in [0.1, 0.15) is 11.1 Å². The van der Waals surface area contributed by atoms with Gasteiger partial charge in [0.25, 0.3) is 0 Å². The van der Waals surface area contributed by atoms with E-state index in [9.17, 15) is 4.79 Å². The number of carbonyl (C=O) groups excluding carboxylic acids is 1. The number of nitrogens with zero attached hydrogens (tertiary/aromatic N) is 1. The first-order valence-electron chi connectivity index (χ1n) is 5.64. The van der Waals surface area contributed by atoms with E-state index in [4.69, 9.17) is 11.6 Å². The minimum atomic E-state index is 0.114. The third-order valence-corrected chi connectivity index (χ3v) is 3.68. The second-order valence-electron chi connectivity index (χ2n) is 4.18. The highest BCUT2D eigenvalue weighted by Gasteiger charge is 2.10. The average Bonchev–Trinajstić information content (AvgIpc) is 2.85. The van der Waals surface area contributed by atoms with E-state index in [0.29, 0.717) is 18.0 Å². The number of amides is 1. The van der Waals surface area contributed by atoms with Crippen LogP contribution in [0.15, 0.2) is 41.1 Å². The van der Waals surface area contributed by atoms with Gasteiger partial charge in [0.2, 0.25) is 5.91 Å². The number of hydrogen-bond acceptors (Lipinski definition) is 2. The molecule has 1 heterocycles. The SMILES string of the molecule is CN(Cc1ccsc1)C(=O)Cc1ccc(Cl)cc1. The summed E-state index contributed by atoms with van der Waals surface area (Å²) in [5.74, 6) is 0.114. The van der Waals surface area contributed by atoms with Crippen LogP contribution < -0.4 is 0 Å². The van der Waals surface area contributed by atoms with Gasteiger partial charge in [-0.05, 0) is 40.1 Å². The highest BCUT2D eigenvalue weighted by molar-refractivity contribution is 7.07. The van der Waals surface area contributed by atoms with E-state index in [2.05, 4.69) is 5.38 Å². The molecule has 0 saturated carbocycles. The first-order chi connectivity index (χ1) is 8.65. The predicted molar refractivity (Wildman–Crippen MR) is 75.9 cm³/mol. The van der Waals surface area contributed by atoms with E-state index < -0.39 is 0 Å². The van der Waals surface area contributed by atoms with E-state index in [1.165, 1.54) is 5.56 Å². The van der Waals surface area contributed by atoms with Crippen molar-refractivity contribution in [3.63, 3.8) is 0 Å². The maximum absolute atomic E-state index is 12.0. The molecule has 0 unspecified atom stereocenters. The normalized spacial score (nSPS) is 10.3. The smallest absolute Gasteiger partial charge is 0.227 e. The summed E-state index contributed by atoms with van der Waals surface area (Å²) in [6.45, 7) is 0.663. The summed E-state index contributed by atoms with van der Waals surface area (Å²) in [6.07, 6.45) is 0.414. The fourth-order valence-corrected chi connectivity index (χ4v) is 2.44. The van der Waals surface area contributed by atoms with Gasteiger partial charge in [-0.3, -0.25) is 4.79 Å². The van der Waals surface area contributed by atoms with Crippen molar-refractivity contribution < 1.29 is 4.79 Å². The largest absolute Gasteiger partial charge is 0.341 e. The molecule has 0 fully saturated rings. The summed E-state index contributed by atoms with van der Waals surface area (Å²) in [4.78, 5) is 13.8. The topological polar surface area (TPSA) is 20.3 Å². The molecule has 4 heteroatoms. The number of carbonyl (C=O) groups is 1. The van der Waals surface area contributed by atoms with Gasteiger partial charge >= 0.3 is 0 Å². The molecule has 18 heavy (non-hydrogen) atoms. The molecule has 0 radical (unpaired) electrons. The van der Waals surface area contributed by atoms with Crippen LogP contribution in [0.2, 0.25) is 5.02 Å². The van der Waals surface area contributed by atoms with Crippen LogP contribution in [0.3, 0.4) is 0 Å². The first kappa shape index (κ1) is 13.1. The van der Waals surface area contributed by atoms with Gasteiger partial charge in [0.15, 0.2) is 0 Å². The van der Waals surface area contributed by atoms with Crippen molar-refractivity contribution >= 4 is 28.8 Å². The number of likely N-dealkylation sites (N-methyl/N-ethyl adjacent to an activating group) is 1. The Balaban J connectivity index is 1.93. The van der Waals surface area contributed by atoms with Crippen LogP contribution >= 0.6 is 22.9 Å². The Bertz CT molecular complexity index is 507. The first-order valence-corrected chi connectivity index (χ1v) is 6.97. The van der Waals surface area contributed by atoms with Crippen LogP contribution in [-0.2, 0) is 17.8 Å². The van der Waals surface area contributed by atoms with Crippen molar-refractivity contribution in [1.82, 2.24) is 4.90 Å². The predicted octanol–water partition coefficient (Wildman–Crippen LogP) is 3.60. The quantitative estimate of drug-likeness (QED) is 0.837. The van der Waals surface area contributed by atoms with Crippen molar-refractivity contribution in [2.24, 2.45) is 0 Å². The van der Waals surface area contributed by atoms with E-state index in [0.717, 1.165) is 5.56 Å². The lowest BCUT2D eigenvalue weighted by molar-refractivity contribution is -0.129. The molecular formula is C14H14ClNOS. The standard InChI is InChI=1S/C14H14ClNOS/c1-16(9-12-6-7-18-10-12)14(17)8-11-2-4-13(15)5-3-11/h2-7,10H,8-9H2,1H3. The zero-order valence-electron chi connectivity index (χ0n) is 10.1. The fraction of sp³-hybridized carbons (Fsp3) is 0.214. The van der Waals surface area contributed by atoms with Gasteiger partial charge in [0.1, 0.15) is 0 Å². The Morgan fingerprint density at radius 1 is 1.22 bits per heavy atom. The van der Waals surface area contributed by atoms with Gasteiger partial charge in [0.05, 0.1) is 6.42 Å². The van der Waals surface area contributed by atoms with Crippen molar-refractivity contribution in [3.8, 4) is 0 Å². The van der Waals surface area contributed by atoms with E-state index in [-0.39, 0.29) is 5.91 Å². The lowest BCUT2D eigenvalue weighted by Crippen LogP contribution is -2.27. The monoisotopic (exact) mass is 279 g/mol. The molecule has 0 N–H and O–H groups in total.